The van der Waals surface area contributed by atoms with Gasteiger partial charge in [-0.3, -0.25) is 4.99 Å². The van der Waals surface area contributed by atoms with Crippen molar-refractivity contribution >= 4 is 19.0 Å². The predicted octanol–water partition coefficient (Wildman–Crippen LogP) is 7.84. The summed E-state index contributed by atoms with van der Waals surface area (Å²) in [6.07, 6.45) is 10.8. The van der Waals surface area contributed by atoms with Crippen LogP contribution in [0, 0.1) is 23.7 Å². The van der Waals surface area contributed by atoms with Gasteiger partial charge in [-0.15, -0.1) is 0 Å². The molecule has 41 heavy (non-hydrogen) atoms. The van der Waals surface area contributed by atoms with E-state index in [1.165, 1.54) is 52.8 Å². The van der Waals surface area contributed by atoms with E-state index in [0.29, 0.717) is 12.5 Å². The number of allylic oxidation sites excluding steroid dienone is 1. The normalized spacial score (nSPS) is 29.7. The Morgan fingerprint density at radius 3 is 2.49 bits per heavy atom. The van der Waals surface area contributed by atoms with Crippen molar-refractivity contribution in [3.8, 4) is 11.3 Å². The maximum Gasteiger partial charge on any atom is 0.213 e. The predicted molar refractivity (Wildman–Crippen MR) is 175 cm³/mol. The molecule has 0 saturated heterocycles. The van der Waals surface area contributed by atoms with E-state index in [1.54, 1.807) is 10.8 Å². The third kappa shape index (κ3) is 4.43. The highest BCUT2D eigenvalue weighted by Gasteiger charge is 2.50. The van der Waals surface area contributed by atoms with Gasteiger partial charge in [0.25, 0.3) is 0 Å². The lowest BCUT2D eigenvalue weighted by Gasteiger charge is -2.35. The quantitative estimate of drug-likeness (QED) is 0.177. The first-order chi connectivity index (χ1) is 19.7. The summed E-state index contributed by atoms with van der Waals surface area (Å²) in [4.78, 5) is 5.12. The van der Waals surface area contributed by atoms with E-state index in [0.717, 1.165) is 42.2 Å². The molecule has 5 unspecified atom stereocenters. The molecule has 3 saturated carbocycles. The van der Waals surface area contributed by atoms with E-state index >= 15 is 0 Å². The van der Waals surface area contributed by atoms with E-state index in [4.69, 9.17) is 11.6 Å². The maximum atomic E-state index is 5.12. The fourth-order valence-corrected chi connectivity index (χ4v) is 10.6. The van der Waals surface area contributed by atoms with Gasteiger partial charge in [0.15, 0.2) is 12.2 Å². The lowest BCUT2D eigenvalue weighted by atomic mass is 9.71. The number of benzene rings is 2. The first kappa shape index (κ1) is 26.8. The van der Waals surface area contributed by atoms with E-state index in [2.05, 4.69) is 98.5 Å². The van der Waals surface area contributed by atoms with E-state index in [-0.39, 0.29) is 6.04 Å². The summed E-state index contributed by atoms with van der Waals surface area (Å²) in [6.45, 7) is 19.6. The maximum absolute atomic E-state index is 5.12. The number of nitrogens with zero attached hydrogens (tertiary/aromatic N) is 2. The zero-order valence-electron chi connectivity index (χ0n) is 25.4. The number of pyridine rings is 1. The van der Waals surface area contributed by atoms with Crippen LogP contribution in [-0.4, -0.2) is 20.3 Å². The van der Waals surface area contributed by atoms with Crippen LogP contribution in [0.15, 0.2) is 90.6 Å². The molecule has 3 fully saturated rings. The van der Waals surface area contributed by atoms with Gasteiger partial charge in [0.05, 0.1) is 26.2 Å². The molecule has 8 rings (SSSR count). The van der Waals surface area contributed by atoms with Crippen molar-refractivity contribution in [3.05, 3.63) is 108 Å². The van der Waals surface area contributed by atoms with Gasteiger partial charge in [-0.2, -0.15) is 4.57 Å². The first-order valence-corrected chi connectivity index (χ1v) is 19.3. The molecule has 2 nitrogen and oxygen atoms in total. The third-order valence-electron chi connectivity index (χ3n) is 11.1. The fourth-order valence-electron chi connectivity index (χ4n) is 8.90. The number of aryl methyl sites for hydroxylation is 1. The van der Waals surface area contributed by atoms with Crippen LogP contribution < -0.4 is 9.75 Å². The Balaban J connectivity index is 1.38. The van der Waals surface area contributed by atoms with Gasteiger partial charge in [-0.1, -0.05) is 82.2 Å². The summed E-state index contributed by atoms with van der Waals surface area (Å²) < 4.78 is 2.64. The number of hydrogen-bond acceptors (Lipinski definition) is 1. The Labute approximate surface area is 248 Å². The Kier molecular flexibility index (Phi) is 6.58. The molecular weight excluding hydrogens is 513 g/mol. The highest BCUT2D eigenvalue weighted by molar-refractivity contribution is 6.89. The number of fused-ring (bicyclic) bond motifs is 8. The molecule has 2 aliphatic heterocycles. The molecule has 3 heteroatoms. The van der Waals surface area contributed by atoms with Crippen LogP contribution >= 0.6 is 0 Å². The molecule has 1 aromatic heterocycles. The Bertz CT molecular complexity index is 1570. The zero-order chi connectivity index (χ0) is 28.5. The monoisotopic (exact) mass is 557 g/mol. The lowest BCUT2D eigenvalue weighted by molar-refractivity contribution is -0.708. The van der Waals surface area contributed by atoms with Crippen LogP contribution in [0.1, 0.15) is 60.4 Å². The van der Waals surface area contributed by atoms with Gasteiger partial charge in [0.2, 0.25) is 5.69 Å². The third-order valence-corrected chi connectivity index (χ3v) is 13.2. The Morgan fingerprint density at radius 2 is 1.78 bits per heavy atom. The molecule has 2 bridgehead atoms. The van der Waals surface area contributed by atoms with Crippen molar-refractivity contribution in [1.82, 2.24) is 0 Å². The second kappa shape index (κ2) is 10.0. The van der Waals surface area contributed by atoms with Crippen LogP contribution in [0.25, 0.3) is 11.3 Å². The molecule has 0 N–H and O–H groups in total. The molecule has 5 aliphatic rings. The molecule has 0 radical (unpaired) electrons. The molecule has 3 heterocycles. The van der Waals surface area contributed by atoms with E-state index in [1.807, 2.05) is 6.08 Å². The SMILES string of the molecule is C=C/C1=N/CC(=C)C2C(CCc3ccccc31)c1ccccc1-c1cc(CC3CC4CC3[C@H]4C)c([Si](C)(C)C)c[n+]12. The number of rotatable bonds is 4. The fraction of sp³-hybridized carbons (Fsp3) is 0.421. The largest absolute Gasteiger partial charge is 0.280 e. The minimum Gasteiger partial charge on any atom is -0.280 e. The average molecular weight is 558 g/mol. The molecular formula is C38H45N2Si+. The van der Waals surface area contributed by atoms with Gasteiger partial charge < -0.3 is 0 Å². The van der Waals surface area contributed by atoms with Crippen molar-refractivity contribution < 1.29 is 4.57 Å². The molecule has 3 aromatic rings. The summed E-state index contributed by atoms with van der Waals surface area (Å²) in [5.74, 6) is 4.07. The summed E-state index contributed by atoms with van der Waals surface area (Å²) in [5.41, 5.74) is 10.7. The standard InChI is InChI=1S/C38H45N2Si/c1-7-35-30-13-9-8-12-26(30)16-17-33-31-14-10-11-15-32(31)36-21-29(19-28-18-27-20-34(28)25(27)3)37(41(4,5)6)23-40(36)38(33)24(2)22-39-35/h7-15,21,23,25,27-28,33-34,38H,1-2,16-20,22H2,3-6H3/q+1/b39-35-/t25-,27?,28?,33?,34?,38?/m0/s1. The van der Waals surface area contributed by atoms with Crippen molar-refractivity contribution in [2.45, 2.75) is 70.6 Å². The molecule has 210 valence electrons. The number of aromatic nitrogens is 1. The van der Waals surface area contributed by atoms with Crippen LogP contribution in [-0.2, 0) is 12.8 Å². The summed E-state index contributed by atoms with van der Waals surface area (Å²) in [6, 6.07) is 20.8. The number of aliphatic imine (C=N–C) groups is 1. The van der Waals surface area contributed by atoms with Gasteiger partial charge in [-0.25, -0.2) is 0 Å². The van der Waals surface area contributed by atoms with Crippen molar-refractivity contribution in [1.29, 1.82) is 0 Å². The van der Waals surface area contributed by atoms with E-state index in [9.17, 15) is 0 Å². The smallest absolute Gasteiger partial charge is 0.213 e. The molecule has 0 spiro atoms. The van der Waals surface area contributed by atoms with Crippen LogP contribution in [0.3, 0.4) is 0 Å². The summed E-state index contributed by atoms with van der Waals surface area (Å²) in [7, 11) is -1.60. The minimum atomic E-state index is -1.60. The van der Waals surface area contributed by atoms with Crippen LogP contribution in [0.5, 0.6) is 0 Å². The first-order valence-electron chi connectivity index (χ1n) is 15.8. The van der Waals surface area contributed by atoms with Crippen molar-refractivity contribution in [2.24, 2.45) is 28.7 Å². The lowest BCUT2D eigenvalue weighted by Crippen LogP contribution is -2.54. The van der Waals surface area contributed by atoms with Crippen molar-refractivity contribution in [2.75, 3.05) is 6.54 Å². The van der Waals surface area contributed by atoms with Gasteiger partial charge in [0, 0.05) is 28.0 Å². The van der Waals surface area contributed by atoms with Gasteiger partial charge >= 0.3 is 0 Å². The van der Waals surface area contributed by atoms with Crippen LogP contribution in [0.2, 0.25) is 19.6 Å². The Hall–Kier alpha value is -3.04. The zero-order valence-corrected chi connectivity index (χ0v) is 26.4. The van der Waals surface area contributed by atoms with Gasteiger partial charge in [0.1, 0.15) is 0 Å². The highest BCUT2D eigenvalue weighted by Crippen LogP contribution is 2.57. The average Bonchev–Trinajstić information content (AvgIpc) is 3.53. The van der Waals surface area contributed by atoms with Crippen LogP contribution in [0.4, 0.5) is 0 Å². The molecule has 2 aromatic carbocycles. The highest BCUT2D eigenvalue weighted by atomic mass is 28.3. The summed E-state index contributed by atoms with van der Waals surface area (Å²) >= 11 is 0. The minimum absolute atomic E-state index is 0.198. The second-order valence-electron chi connectivity index (χ2n) is 14.4. The molecule has 6 atom stereocenters. The molecule has 3 aliphatic carbocycles. The second-order valence-corrected chi connectivity index (χ2v) is 19.4. The Morgan fingerprint density at radius 1 is 1.02 bits per heavy atom. The van der Waals surface area contributed by atoms with Gasteiger partial charge in [-0.05, 0) is 84.6 Å². The van der Waals surface area contributed by atoms with E-state index < -0.39 is 8.07 Å². The summed E-state index contributed by atoms with van der Waals surface area (Å²) in [5, 5.41) is 1.64. The van der Waals surface area contributed by atoms with Crippen molar-refractivity contribution in [3.63, 3.8) is 0 Å². The molecule has 0 amide bonds. The topological polar surface area (TPSA) is 16.2 Å². The number of hydrogen-bond donors (Lipinski definition) is 0.